The number of esters is 1. The van der Waals surface area contributed by atoms with Gasteiger partial charge in [0.2, 0.25) is 0 Å². The molecule has 0 saturated carbocycles. The maximum atomic E-state index is 11.3. The number of carbonyl (C=O) groups excluding carboxylic acids is 1. The molecule has 0 amide bonds. The fraction of sp³-hybridized carbons (Fsp3) is 0.909. The molecule has 1 aliphatic rings. The van der Waals surface area contributed by atoms with Crippen LogP contribution in [-0.4, -0.2) is 77.3 Å². The first-order chi connectivity index (χ1) is 8.27. The normalized spacial score (nSPS) is 21.4. The van der Waals surface area contributed by atoms with E-state index in [9.17, 15) is 4.79 Å². The maximum absolute atomic E-state index is 11.3. The minimum absolute atomic E-state index is 0.310. The Balaban J connectivity index is 2.14. The fourth-order valence-corrected chi connectivity index (χ4v) is 1.62. The molecule has 1 aliphatic heterocycles. The lowest BCUT2D eigenvalue weighted by Gasteiger charge is -2.31. The van der Waals surface area contributed by atoms with Crippen LogP contribution in [0.5, 0.6) is 0 Å². The number of ether oxygens (including phenoxy) is 4. The maximum Gasteiger partial charge on any atom is 0.336 e. The van der Waals surface area contributed by atoms with Gasteiger partial charge >= 0.3 is 5.97 Å². The van der Waals surface area contributed by atoms with E-state index in [4.69, 9.17) is 14.2 Å². The van der Waals surface area contributed by atoms with E-state index in [-0.39, 0.29) is 5.97 Å². The highest BCUT2D eigenvalue weighted by molar-refractivity contribution is 5.74. The second-order valence-corrected chi connectivity index (χ2v) is 3.79. The molecule has 1 atom stereocenters. The first kappa shape index (κ1) is 14.4. The molecule has 0 aromatic carbocycles. The first-order valence-corrected chi connectivity index (χ1v) is 5.76. The number of carbonyl (C=O) groups is 1. The van der Waals surface area contributed by atoms with Gasteiger partial charge in [0.05, 0.1) is 33.5 Å². The van der Waals surface area contributed by atoms with Crippen LogP contribution in [0, 0.1) is 0 Å². The lowest BCUT2D eigenvalue weighted by Crippen LogP contribution is -2.47. The van der Waals surface area contributed by atoms with Gasteiger partial charge in [0.1, 0.15) is 0 Å². The molecular formula is C11H21NO5. The summed E-state index contributed by atoms with van der Waals surface area (Å²) in [7, 11) is 3.02. The predicted molar refractivity (Wildman–Crippen MR) is 60.9 cm³/mol. The van der Waals surface area contributed by atoms with E-state index in [0.717, 1.165) is 13.1 Å². The molecule has 1 heterocycles. The molecule has 1 rings (SSSR count). The van der Waals surface area contributed by atoms with Crippen molar-refractivity contribution in [2.45, 2.75) is 6.10 Å². The first-order valence-electron chi connectivity index (χ1n) is 5.76. The number of methoxy groups -OCH3 is 2. The summed E-state index contributed by atoms with van der Waals surface area (Å²) >= 11 is 0. The summed E-state index contributed by atoms with van der Waals surface area (Å²) in [5.74, 6) is -0.310. The summed E-state index contributed by atoms with van der Waals surface area (Å²) < 4.78 is 20.2. The van der Waals surface area contributed by atoms with Crippen molar-refractivity contribution >= 4 is 5.97 Å². The molecule has 0 bridgehead atoms. The van der Waals surface area contributed by atoms with Crippen LogP contribution in [0.25, 0.3) is 0 Å². The van der Waals surface area contributed by atoms with E-state index in [1.807, 2.05) is 0 Å². The van der Waals surface area contributed by atoms with Gasteiger partial charge in [-0.25, -0.2) is 4.79 Å². The number of rotatable bonds is 7. The molecular weight excluding hydrogens is 226 g/mol. The van der Waals surface area contributed by atoms with Crippen LogP contribution in [-0.2, 0) is 23.7 Å². The Morgan fingerprint density at radius 2 is 2.18 bits per heavy atom. The van der Waals surface area contributed by atoms with Crippen LogP contribution in [0.2, 0.25) is 0 Å². The molecule has 100 valence electrons. The van der Waals surface area contributed by atoms with Gasteiger partial charge in [0.15, 0.2) is 6.10 Å². The van der Waals surface area contributed by atoms with E-state index in [2.05, 4.69) is 9.64 Å². The third-order valence-electron chi connectivity index (χ3n) is 2.60. The monoisotopic (exact) mass is 247 g/mol. The number of hydrogen-bond acceptors (Lipinski definition) is 6. The molecule has 6 heteroatoms. The molecule has 17 heavy (non-hydrogen) atoms. The Bertz CT molecular complexity index is 224. The van der Waals surface area contributed by atoms with Crippen molar-refractivity contribution in [3.05, 3.63) is 0 Å². The van der Waals surface area contributed by atoms with Crippen molar-refractivity contribution in [2.24, 2.45) is 0 Å². The molecule has 0 aromatic heterocycles. The van der Waals surface area contributed by atoms with Gasteiger partial charge < -0.3 is 18.9 Å². The highest BCUT2D eigenvalue weighted by Crippen LogP contribution is 2.06. The van der Waals surface area contributed by atoms with E-state index < -0.39 is 6.10 Å². The molecule has 0 N–H and O–H groups in total. The minimum Gasteiger partial charge on any atom is -0.467 e. The van der Waals surface area contributed by atoms with Crippen LogP contribution in [0.3, 0.4) is 0 Å². The zero-order valence-electron chi connectivity index (χ0n) is 10.5. The van der Waals surface area contributed by atoms with E-state index in [0.29, 0.717) is 33.0 Å². The smallest absolute Gasteiger partial charge is 0.336 e. The van der Waals surface area contributed by atoms with Gasteiger partial charge in [-0.15, -0.1) is 0 Å². The fourth-order valence-electron chi connectivity index (χ4n) is 1.62. The summed E-state index contributed by atoms with van der Waals surface area (Å²) in [6.45, 7) is 4.58. The molecule has 6 nitrogen and oxygen atoms in total. The second-order valence-electron chi connectivity index (χ2n) is 3.79. The van der Waals surface area contributed by atoms with Gasteiger partial charge in [-0.2, -0.15) is 0 Å². The molecule has 0 aliphatic carbocycles. The van der Waals surface area contributed by atoms with Crippen molar-refractivity contribution in [3.63, 3.8) is 0 Å². The Morgan fingerprint density at radius 1 is 1.35 bits per heavy atom. The highest BCUT2D eigenvalue weighted by atomic mass is 16.6. The van der Waals surface area contributed by atoms with E-state index in [1.165, 1.54) is 7.11 Å². The standard InChI is InChI=1S/C11H21NO5/c1-14-7-8-16-5-3-12-4-6-17-10(9-12)11(13)15-2/h10H,3-9H2,1-2H3. The third kappa shape index (κ3) is 5.45. The molecule has 1 unspecified atom stereocenters. The zero-order chi connectivity index (χ0) is 12.5. The quantitative estimate of drug-likeness (QED) is 0.447. The number of nitrogens with zero attached hydrogens (tertiary/aromatic N) is 1. The van der Waals surface area contributed by atoms with Crippen LogP contribution >= 0.6 is 0 Å². The lowest BCUT2D eigenvalue weighted by molar-refractivity contribution is -0.160. The predicted octanol–water partition coefficient (Wildman–Crippen LogP) is -0.477. The van der Waals surface area contributed by atoms with Crippen molar-refractivity contribution in [3.8, 4) is 0 Å². The topological polar surface area (TPSA) is 57.2 Å². The zero-order valence-corrected chi connectivity index (χ0v) is 10.5. The summed E-state index contributed by atoms with van der Waals surface area (Å²) in [6, 6.07) is 0. The van der Waals surface area contributed by atoms with Crippen molar-refractivity contribution in [1.82, 2.24) is 4.90 Å². The van der Waals surface area contributed by atoms with Gasteiger partial charge in [0.25, 0.3) is 0 Å². The average molecular weight is 247 g/mol. The summed E-state index contributed by atoms with van der Waals surface area (Å²) in [5.41, 5.74) is 0. The van der Waals surface area contributed by atoms with Gasteiger partial charge in [0, 0.05) is 26.7 Å². The lowest BCUT2D eigenvalue weighted by atomic mass is 10.3. The van der Waals surface area contributed by atoms with Crippen molar-refractivity contribution < 1.29 is 23.7 Å². The Labute approximate surface area is 102 Å². The highest BCUT2D eigenvalue weighted by Gasteiger charge is 2.26. The van der Waals surface area contributed by atoms with Crippen LogP contribution in [0.4, 0.5) is 0 Å². The Morgan fingerprint density at radius 3 is 2.88 bits per heavy atom. The summed E-state index contributed by atoms with van der Waals surface area (Å²) in [4.78, 5) is 13.4. The van der Waals surface area contributed by atoms with Crippen molar-refractivity contribution in [1.29, 1.82) is 0 Å². The SMILES string of the molecule is COCCOCCN1CCOC(C(=O)OC)C1. The Kier molecular flexibility index (Phi) is 7.11. The molecule has 0 spiro atoms. The number of morpholine rings is 1. The van der Waals surface area contributed by atoms with E-state index >= 15 is 0 Å². The number of hydrogen-bond donors (Lipinski definition) is 0. The van der Waals surface area contributed by atoms with Gasteiger partial charge in [-0.1, -0.05) is 0 Å². The van der Waals surface area contributed by atoms with Crippen LogP contribution < -0.4 is 0 Å². The van der Waals surface area contributed by atoms with Crippen molar-refractivity contribution in [2.75, 3.05) is 60.3 Å². The minimum atomic E-state index is -0.465. The largest absolute Gasteiger partial charge is 0.467 e. The van der Waals surface area contributed by atoms with Crippen LogP contribution in [0.15, 0.2) is 0 Å². The summed E-state index contributed by atoms with van der Waals surface area (Å²) in [5, 5.41) is 0. The average Bonchev–Trinajstić information content (AvgIpc) is 2.38. The van der Waals surface area contributed by atoms with Gasteiger partial charge in [-0.05, 0) is 0 Å². The molecule has 0 radical (unpaired) electrons. The van der Waals surface area contributed by atoms with Crippen LogP contribution in [0.1, 0.15) is 0 Å². The molecule has 1 saturated heterocycles. The molecule has 0 aromatic rings. The summed E-state index contributed by atoms with van der Waals surface area (Å²) in [6.07, 6.45) is -0.465. The third-order valence-corrected chi connectivity index (χ3v) is 2.60. The second kappa shape index (κ2) is 8.41. The molecule has 1 fully saturated rings. The Hall–Kier alpha value is -0.690. The van der Waals surface area contributed by atoms with Gasteiger partial charge in [-0.3, -0.25) is 4.90 Å². The van der Waals surface area contributed by atoms with E-state index in [1.54, 1.807) is 7.11 Å².